The molecule has 1 rings (SSSR count). The van der Waals surface area contributed by atoms with Gasteiger partial charge in [-0.15, -0.1) is 11.3 Å². The molecule has 0 unspecified atom stereocenters. The number of unbranched alkanes of at least 4 members (excludes halogenated alkanes) is 1. The molecule has 0 amide bonds. The van der Waals surface area contributed by atoms with Crippen LogP contribution in [-0.4, -0.2) is 63.9 Å². The van der Waals surface area contributed by atoms with Crippen LogP contribution >= 0.6 is 23.1 Å². The van der Waals surface area contributed by atoms with Crippen molar-refractivity contribution < 1.29 is 8.42 Å². The van der Waals surface area contributed by atoms with Crippen molar-refractivity contribution in [1.29, 1.82) is 0 Å². The third-order valence-electron chi connectivity index (χ3n) is 3.89. The van der Waals surface area contributed by atoms with E-state index in [0.29, 0.717) is 17.3 Å². The van der Waals surface area contributed by atoms with Gasteiger partial charge >= 0.3 is 0 Å². The fraction of sp³-hybridized carbons (Fsp3) is 0.706. The predicted molar refractivity (Wildman–Crippen MR) is 115 cm³/mol. The van der Waals surface area contributed by atoms with E-state index in [1.165, 1.54) is 27.8 Å². The van der Waals surface area contributed by atoms with Gasteiger partial charge in [-0.25, -0.2) is 8.42 Å². The summed E-state index contributed by atoms with van der Waals surface area (Å²) in [7, 11) is -1.59. The zero-order valence-electron chi connectivity index (χ0n) is 16.2. The molecular weight excluding hydrogens is 388 g/mol. The van der Waals surface area contributed by atoms with Crippen LogP contribution in [0.25, 0.3) is 0 Å². The molecule has 2 N–H and O–H groups in total. The van der Waals surface area contributed by atoms with Crippen LogP contribution in [0.1, 0.15) is 31.6 Å². The molecule has 1 aromatic heterocycles. The summed E-state index contributed by atoms with van der Waals surface area (Å²) in [6, 6.07) is 3.62. The molecule has 6 nitrogen and oxygen atoms in total. The van der Waals surface area contributed by atoms with E-state index in [1.807, 2.05) is 31.7 Å². The van der Waals surface area contributed by atoms with Crippen molar-refractivity contribution >= 4 is 39.1 Å². The van der Waals surface area contributed by atoms with Crippen LogP contribution in [0.4, 0.5) is 0 Å². The molecule has 1 heterocycles. The summed E-state index contributed by atoms with van der Waals surface area (Å²) in [6.45, 7) is 6.33. The van der Waals surface area contributed by atoms with E-state index in [0.717, 1.165) is 36.8 Å². The average Bonchev–Trinajstić information content (AvgIpc) is 3.10. The molecule has 26 heavy (non-hydrogen) atoms. The fourth-order valence-electron chi connectivity index (χ4n) is 2.42. The molecule has 0 saturated heterocycles. The van der Waals surface area contributed by atoms with Crippen LogP contribution in [0.3, 0.4) is 0 Å². The highest BCUT2D eigenvalue weighted by atomic mass is 32.2. The SMILES string of the molecule is CCN(CC)S(=O)(=O)c1ccc(CCNC(=NC)NCCCCSC)s1. The monoisotopic (exact) mass is 420 g/mol. The lowest BCUT2D eigenvalue weighted by atomic mass is 10.3. The maximum absolute atomic E-state index is 12.5. The minimum Gasteiger partial charge on any atom is -0.356 e. The number of hydrogen-bond acceptors (Lipinski definition) is 5. The molecule has 0 saturated carbocycles. The number of sulfonamides is 1. The molecule has 1 aromatic rings. The van der Waals surface area contributed by atoms with Gasteiger partial charge in [0, 0.05) is 38.1 Å². The van der Waals surface area contributed by atoms with Crippen LogP contribution in [0.15, 0.2) is 21.3 Å². The number of thiophene rings is 1. The minimum atomic E-state index is -3.35. The van der Waals surface area contributed by atoms with Gasteiger partial charge in [0.25, 0.3) is 10.0 Å². The highest BCUT2D eigenvalue weighted by Gasteiger charge is 2.23. The van der Waals surface area contributed by atoms with Crippen molar-refractivity contribution in [2.75, 3.05) is 45.2 Å². The summed E-state index contributed by atoms with van der Waals surface area (Å²) in [5.41, 5.74) is 0. The Balaban J connectivity index is 2.45. The first-order valence-corrected chi connectivity index (χ1v) is 12.7. The van der Waals surface area contributed by atoms with Gasteiger partial charge in [0.1, 0.15) is 4.21 Å². The Kier molecular flexibility index (Phi) is 11.3. The van der Waals surface area contributed by atoms with Gasteiger partial charge in [0.15, 0.2) is 5.96 Å². The van der Waals surface area contributed by atoms with Gasteiger partial charge < -0.3 is 10.6 Å². The van der Waals surface area contributed by atoms with Gasteiger partial charge in [-0.2, -0.15) is 16.1 Å². The number of nitrogens with zero attached hydrogens (tertiary/aromatic N) is 2. The topological polar surface area (TPSA) is 73.8 Å². The molecule has 0 aliphatic rings. The van der Waals surface area contributed by atoms with E-state index in [4.69, 9.17) is 0 Å². The zero-order chi connectivity index (χ0) is 19.4. The van der Waals surface area contributed by atoms with Crippen LogP contribution in [-0.2, 0) is 16.4 Å². The Morgan fingerprint density at radius 3 is 2.50 bits per heavy atom. The second kappa shape index (κ2) is 12.6. The van der Waals surface area contributed by atoms with E-state index in [-0.39, 0.29) is 0 Å². The summed E-state index contributed by atoms with van der Waals surface area (Å²) in [5.74, 6) is 1.98. The third-order valence-corrected chi connectivity index (χ3v) is 8.25. The highest BCUT2D eigenvalue weighted by molar-refractivity contribution is 7.98. The number of aliphatic imine (C=N–C) groups is 1. The Morgan fingerprint density at radius 1 is 1.19 bits per heavy atom. The Labute approximate surface area is 166 Å². The largest absolute Gasteiger partial charge is 0.356 e. The number of hydrogen-bond donors (Lipinski definition) is 2. The van der Waals surface area contributed by atoms with E-state index in [2.05, 4.69) is 21.9 Å². The molecular formula is C17H32N4O2S3. The number of rotatable bonds is 12. The van der Waals surface area contributed by atoms with Crippen LogP contribution in [0, 0.1) is 0 Å². The van der Waals surface area contributed by atoms with Gasteiger partial charge in [-0.05, 0) is 43.4 Å². The normalized spacial score (nSPS) is 12.6. The lowest BCUT2D eigenvalue weighted by Gasteiger charge is -2.16. The maximum Gasteiger partial charge on any atom is 0.252 e. The Bertz CT molecular complexity index is 640. The van der Waals surface area contributed by atoms with Crippen molar-refractivity contribution in [1.82, 2.24) is 14.9 Å². The molecule has 0 aliphatic carbocycles. The van der Waals surface area contributed by atoms with E-state index < -0.39 is 10.0 Å². The van der Waals surface area contributed by atoms with Gasteiger partial charge in [-0.3, -0.25) is 4.99 Å². The first-order valence-electron chi connectivity index (χ1n) is 9.01. The fourth-order valence-corrected chi connectivity index (χ4v) is 5.89. The van der Waals surface area contributed by atoms with Gasteiger partial charge in [-0.1, -0.05) is 13.8 Å². The van der Waals surface area contributed by atoms with E-state index in [9.17, 15) is 8.42 Å². The average molecular weight is 421 g/mol. The maximum atomic E-state index is 12.5. The standard InChI is InChI=1S/C17H32N4O2S3/c1-5-21(6-2)26(22,23)16-10-9-15(25-16)11-13-20-17(18-3)19-12-7-8-14-24-4/h9-10H,5-8,11-14H2,1-4H3,(H2,18,19,20). The molecule has 0 aromatic carbocycles. The molecule has 0 fully saturated rings. The lowest BCUT2D eigenvalue weighted by Crippen LogP contribution is -2.38. The second-order valence-corrected chi connectivity index (χ2v) is 10.0. The molecule has 0 radical (unpaired) electrons. The molecule has 9 heteroatoms. The number of nitrogens with one attached hydrogen (secondary N) is 2. The Hall–Kier alpha value is -0.770. The van der Waals surface area contributed by atoms with E-state index in [1.54, 1.807) is 13.1 Å². The third kappa shape index (κ3) is 7.46. The molecule has 0 bridgehead atoms. The zero-order valence-corrected chi connectivity index (χ0v) is 18.7. The number of guanidine groups is 1. The van der Waals surface area contributed by atoms with Crippen LogP contribution in [0.5, 0.6) is 0 Å². The summed E-state index contributed by atoms with van der Waals surface area (Å²) < 4.78 is 27.0. The first-order chi connectivity index (χ1) is 12.5. The van der Waals surface area contributed by atoms with Crippen molar-refractivity contribution in [3.05, 3.63) is 17.0 Å². The van der Waals surface area contributed by atoms with Gasteiger partial charge in [0.05, 0.1) is 0 Å². The smallest absolute Gasteiger partial charge is 0.252 e. The van der Waals surface area contributed by atoms with Crippen LogP contribution in [0.2, 0.25) is 0 Å². The van der Waals surface area contributed by atoms with Crippen molar-refractivity contribution in [2.45, 2.75) is 37.3 Å². The second-order valence-electron chi connectivity index (χ2n) is 5.69. The van der Waals surface area contributed by atoms with Gasteiger partial charge in [0.2, 0.25) is 0 Å². The lowest BCUT2D eigenvalue weighted by molar-refractivity contribution is 0.447. The Morgan fingerprint density at radius 2 is 1.88 bits per heavy atom. The molecule has 150 valence electrons. The molecule has 0 aliphatic heterocycles. The van der Waals surface area contributed by atoms with Crippen molar-refractivity contribution in [3.8, 4) is 0 Å². The molecule has 0 spiro atoms. The van der Waals surface area contributed by atoms with Crippen molar-refractivity contribution in [2.24, 2.45) is 4.99 Å². The van der Waals surface area contributed by atoms with Crippen molar-refractivity contribution in [3.63, 3.8) is 0 Å². The summed E-state index contributed by atoms with van der Waals surface area (Å²) in [6.07, 6.45) is 5.21. The predicted octanol–water partition coefficient (Wildman–Crippen LogP) is 2.63. The first kappa shape index (κ1) is 23.3. The number of thioether (sulfide) groups is 1. The van der Waals surface area contributed by atoms with Crippen LogP contribution < -0.4 is 10.6 Å². The quantitative estimate of drug-likeness (QED) is 0.309. The summed E-state index contributed by atoms with van der Waals surface area (Å²) in [4.78, 5) is 5.27. The minimum absolute atomic E-state index is 0.424. The summed E-state index contributed by atoms with van der Waals surface area (Å²) >= 11 is 3.22. The summed E-state index contributed by atoms with van der Waals surface area (Å²) in [5, 5.41) is 6.59. The van der Waals surface area contributed by atoms with E-state index >= 15 is 0 Å². The highest BCUT2D eigenvalue weighted by Crippen LogP contribution is 2.25. The molecule has 0 atom stereocenters.